The summed E-state index contributed by atoms with van der Waals surface area (Å²) in [4.78, 5) is 22.1. The van der Waals surface area contributed by atoms with Gasteiger partial charge in [-0.25, -0.2) is 28.4 Å². The third-order valence-electron chi connectivity index (χ3n) is 5.76. The Kier molecular flexibility index (Phi) is 4.48. The summed E-state index contributed by atoms with van der Waals surface area (Å²) in [5.74, 6) is 1.32. The number of anilines is 1. The van der Waals surface area contributed by atoms with Crippen LogP contribution in [0.1, 0.15) is 0 Å². The van der Waals surface area contributed by atoms with Crippen molar-refractivity contribution >= 4 is 27.0 Å². The average molecular weight is 418 g/mol. The smallest absolute Gasteiger partial charge is 0.260 e. The van der Waals surface area contributed by atoms with E-state index in [1.165, 1.54) is 12.5 Å². The highest BCUT2D eigenvalue weighted by Gasteiger charge is 2.45. The summed E-state index contributed by atoms with van der Waals surface area (Å²) in [6.07, 6.45) is 6.06. The predicted molar refractivity (Wildman–Crippen MR) is 104 cm³/mol. The third kappa shape index (κ3) is 3.07. The number of methoxy groups -OCH3 is 1. The number of ether oxygens (including phenoxy) is 1. The van der Waals surface area contributed by atoms with E-state index in [1.807, 2.05) is 4.57 Å². The molecule has 0 aromatic carbocycles. The Morgan fingerprint density at radius 2 is 1.97 bits per heavy atom. The van der Waals surface area contributed by atoms with Crippen molar-refractivity contribution in [2.45, 2.75) is 11.6 Å². The zero-order chi connectivity index (χ0) is 20.0. The van der Waals surface area contributed by atoms with Crippen LogP contribution in [0.5, 0.6) is 0 Å². The van der Waals surface area contributed by atoms with Crippen LogP contribution in [0.4, 0.5) is 5.82 Å². The predicted octanol–water partition coefficient (Wildman–Crippen LogP) is -0.0473. The number of H-pyrrole nitrogens is 1. The number of aromatic nitrogens is 6. The molecule has 1 N–H and O–H groups in total. The molecule has 11 nitrogen and oxygen atoms in total. The van der Waals surface area contributed by atoms with E-state index in [0.717, 1.165) is 30.1 Å². The van der Waals surface area contributed by atoms with Crippen LogP contribution in [0.25, 0.3) is 11.2 Å². The molecule has 2 aliphatic rings. The van der Waals surface area contributed by atoms with Crippen molar-refractivity contribution in [1.82, 2.24) is 33.8 Å². The lowest BCUT2D eigenvalue weighted by molar-refractivity contribution is 0.188. The highest BCUT2D eigenvalue weighted by molar-refractivity contribution is 7.89. The fourth-order valence-electron chi connectivity index (χ4n) is 4.30. The molecule has 2 fully saturated rings. The number of nitrogens with one attached hydrogen (secondary N) is 1. The monoisotopic (exact) mass is 418 g/mol. The minimum Gasteiger partial charge on any atom is -0.383 e. The lowest BCUT2D eigenvalue weighted by Gasteiger charge is -2.21. The van der Waals surface area contributed by atoms with Crippen molar-refractivity contribution in [3.8, 4) is 0 Å². The highest BCUT2D eigenvalue weighted by atomic mass is 32.2. The standard InChI is InChI=1S/C17H22N8O3S/c1-28-3-2-23-11-22-15-16(23)20-10-21-17(15)24-5-12-7-25(8-13(12)6-24)29(26,27)14-4-18-9-19-14/h4,9-13H,2-3,5-8H2,1H3,(H,18,19). The van der Waals surface area contributed by atoms with Crippen LogP contribution in [0.15, 0.2) is 30.2 Å². The van der Waals surface area contributed by atoms with Gasteiger partial charge in [-0.3, -0.25) is 0 Å². The van der Waals surface area contributed by atoms with Gasteiger partial charge in [0.05, 0.1) is 25.5 Å². The lowest BCUT2D eigenvalue weighted by atomic mass is 10.0. The van der Waals surface area contributed by atoms with Crippen molar-refractivity contribution in [1.29, 1.82) is 0 Å². The minimum atomic E-state index is -3.52. The molecule has 3 aromatic heterocycles. The maximum atomic E-state index is 12.7. The first-order chi connectivity index (χ1) is 14.1. The molecule has 2 unspecified atom stereocenters. The summed E-state index contributed by atoms with van der Waals surface area (Å²) < 4.78 is 34.1. The molecular weight excluding hydrogens is 396 g/mol. The fraction of sp³-hybridized carbons (Fsp3) is 0.529. The second-order valence-corrected chi connectivity index (χ2v) is 9.37. The quantitative estimate of drug-likeness (QED) is 0.591. The molecule has 29 heavy (non-hydrogen) atoms. The first-order valence-electron chi connectivity index (χ1n) is 9.46. The Hall–Kier alpha value is -2.57. The average Bonchev–Trinajstić information content (AvgIpc) is 3.49. The second kappa shape index (κ2) is 7.04. The number of hydrogen-bond acceptors (Lipinski definition) is 8. The summed E-state index contributed by atoms with van der Waals surface area (Å²) in [7, 11) is -1.85. The van der Waals surface area contributed by atoms with E-state index in [0.29, 0.717) is 26.2 Å². The van der Waals surface area contributed by atoms with Gasteiger partial charge >= 0.3 is 0 Å². The number of fused-ring (bicyclic) bond motifs is 2. The van der Waals surface area contributed by atoms with Gasteiger partial charge in [-0.15, -0.1) is 0 Å². The first kappa shape index (κ1) is 18.5. The van der Waals surface area contributed by atoms with Gasteiger partial charge in [0.25, 0.3) is 10.0 Å². The number of nitrogens with zero attached hydrogens (tertiary/aromatic N) is 7. The lowest BCUT2D eigenvalue weighted by Crippen LogP contribution is -2.33. The number of imidazole rings is 2. The Bertz CT molecular complexity index is 1100. The Morgan fingerprint density at radius 3 is 2.66 bits per heavy atom. The zero-order valence-corrected chi connectivity index (χ0v) is 16.8. The van der Waals surface area contributed by atoms with Gasteiger partial charge in [0.2, 0.25) is 0 Å². The molecule has 2 saturated heterocycles. The van der Waals surface area contributed by atoms with E-state index in [1.54, 1.807) is 24.1 Å². The molecule has 0 amide bonds. The van der Waals surface area contributed by atoms with Gasteiger partial charge in [0.1, 0.15) is 6.33 Å². The van der Waals surface area contributed by atoms with Crippen LogP contribution < -0.4 is 4.90 Å². The van der Waals surface area contributed by atoms with Gasteiger partial charge in [-0.1, -0.05) is 0 Å². The molecule has 5 rings (SSSR count). The van der Waals surface area contributed by atoms with Crippen LogP contribution in [0, 0.1) is 11.8 Å². The summed E-state index contributed by atoms with van der Waals surface area (Å²) in [6.45, 7) is 3.75. The van der Waals surface area contributed by atoms with Crippen molar-refractivity contribution in [3.63, 3.8) is 0 Å². The van der Waals surface area contributed by atoms with Gasteiger partial charge in [0.15, 0.2) is 22.0 Å². The molecule has 154 valence electrons. The maximum absolute atomic E-state index is 12.7. The van der Waals surface area contributed by atoms with E-state index in [9.17, 15) is 8.42 Å². The fourth-order valence-corrected chi connectivity index (χ4v) is 5.74. The third-order valence-corrected chi connectivity index (χ3v) is 7.52. The van der Waals surface area contributed by atoms with Crippen LogP contribution in [0.3, 0.4) is 0 Å². The van der Waals surface area contributed by atoms with Crippen molar-refractivity contribution in [2.24, 2.45) is 11.8 Å². The molecule has 0 bridgehead atoms. The molecule has 5 heterocycles. The summed E-state index contributed by atoms with van der Waals surface area (Å²) >= 11 is 0. The van der Waals surface area contributed by atoms with Crippen LogP contribution in [-0.4, -0.2) is 82.1 Å². The number of hydrogen-bond donors (Lipinski definition) is 1. The topological polar surface area (TPSA) is 122 Å². The Morgan fingerprint density at radius 1 is 1.17 bits per heavy atom. The van der Waals surface area contributed by atoms with Crippen LogP contribution in [0.2, 0.25) is 0 Å². The minimum absolute atomic E-state index is 0.147. The van der Waals surface area contributed by atoms with Crippen molar-refractivity contribution in [3.05, 3.63) is 25.2 Å². The van der Waals surface area contributed by atoms with Gasteiger partial charge in [-0.2, -0.15) is 4.31 Å². The molecule has 2 aliphatic heterocycles. The number of rotatable bonds is 6. The highest BCUT2D eigenvalue weighted by Crippen LogP contribution is 2.36. The van der Waals surface area contributed by atoms with Crippen molar-refractivity contribution in [2.75, 3.05) is 44.8 Å². The Labute approximate surface area is 167 Å². The molecule has 0 aliphatic carbocycles. The van der Waals surface area contributed by atoms with E-state index in [-0.39, 0.29) is 16.9 Å². The van der Waals surface area contributed by atoms with E-state index < -0.39 is 10.0 Å². The van der Waals surface area contributed by atoms with Gasteiger partial charge in [-0.05, 0) is 11.8 Å². The van der Waals surface area contributed by atoms with Gasteiger partial charge in [0, 0.05) is 39.8 Å². The number of sulfonamides is 1. The molecule has 0 radical (unpaired) electrons. The van der Waals surface area contributed by atoms with Crippen LogP contribution in [-0.2, 0) is 21.3 Å². The molecule has 0 spiro atoms. The van der Waals surface area contributed by atoms with Crippen molar-refractivity contribution < 1.29 is 13.2 Å². The Balaban J connectivity index is 1.34. The normalized spacial score (nSPS) is 22.6. The molecule has 2 atom stereocenters. The largest absolute Gasteiger partial charge is 0.383 e. The van der Waals surface area contributed by atoms with E-state index >= 15 is 0 Å². The van der Waals surface area contributed by atoms with Crippen LogP contribution >= 0.6 is 0 Å². The van der Waals surface area contributed by atoms with E-state index in [2.05, 4.69) is 29.8 Å². The SMILES string of the molecule is COCCn1cnc2c(N3CC4CN(S(=O)(=O)c5cnc[nH]5)CC4C3)ncnc21. The summed E-state index contributed by atoms with van der Waals surface area (Å²) in [5.41, 5.74) is 1.55. The van der Waals surface area contributed by atoms with Gasteiger partial charge < -0.3 is 19.2 Å². The summed E-state index contributed by atoms with van der Waals surface area (Å²) in [6, 6.07) is 0. The molecular formula is C17H22N8O3S. The summed E-state index contributed by atoms with van der Waals surface area (Å²) in [5, 5.41) is 0.147. The maximum Gasteiger partial charge on any atom is 0.260 e. The molecule has 12 heteroatoms. The number of aromatic amines is 1. The first-order valence-corrected chi connectivity index (χ1v) is 10.9. The van der Waals surface area contributed by atoms with E-state index in [4.69, 9.17) is 4.74 Å². The molecule has 3 aromatic rings. The molecule has 0 saturated carbocycles. The second-order valence-electron chi connectivity index (χ2n) is 7.46. The zero-order valence-electron chi connectivity index (χ0n) is 16.0.